The van der Waals surface area contributed by atoms with Crippen LogP contribution in [0.1, 0.15) is 84.5 Å². The molecule has 0 aromatic rings. The van der Waals surface area contributed by atoms with E-state index in [1.165, 1.54) is 51.9 Å². The first-order valence-electron chi connectivity index (χ1n) is 7.44. The molecule has 0 amide bonds. The van der Waals surface area contributed by atoms with Crippen LogP contribution >= 0.6 is 0 Å². The van der Waals surface area contributed by atoms with E-state index in [1.54, 1.807) is 0 Å². The van der Waals surface area contributed by atoms with Gasteiger partial charge in [0.2, 0.25) is 0 Å². The minimum Gasteiger partial charge on any atom is -0.550 e. The molecular formula is C15H28O4-2. The molecule has 19 heavy (non-hydrogen) atoms. The number of rotatable bonds is 11. The monoisotopic (exact) mass is 272 g/mol. The van der Waals surface area contributed by atoms with E-state index in [2.05, 4.69) is 6.92 Å². The summed E-state index contributed by atoms with van der Waals surface area (Å²) in [5, 5.41) is 19.4. The highest BCUT2D eigenvalue weighted by atomic mass is 16.4. The fraction of sp³-hybridized carbons (Fsp3) is 0.867. The minimum atomic E-state index is -0.995. The molecule has 4 nitrogen and oxygen atoms in total. The Bertz CT molecular complexity index is 214. The molecule has 0 atom stereocenters. The molecule has 0 fully saturated rings. The maximum atomic E-state index is 10.1. The molecular weight excluding hydrogens is 244 g/mol. The van der Waals surface area contributed by atoms with E-state index in [0.717, 1.165) is 12.8 Å². The number of aliphatic carboxylic acids is 2. The predicted octanol–water partition coefficient (Wildman–Crippen LogP) is 1.80. The van der Waals surface area contributed by atoms with Crippen LogP contribution in [0.3, 0.4) is 0 Å². The zero-order valence-corrected chi connectivity index (χ0v) is 12.4. The summed E-state index contributed by atoms with van der Waals surface area (Å²) in [7, 11) is 0. The van der Waals surface area contributed by atoms with E-state index >= 15 is 0 Å². The van der Waals surface area contributed by atoms with E-state index in [-0.39, 0.29) is 12.8 Å². The molecule has 0 saturated carbocycles. The first kappa shape index (κ1) is 20.3. The molecule has 0 aliphatic rings. The Hall–Kier alpha value is -1.06. The van der Waals surface area contributed by atoms with Gasteiger partial charge in [0.15, 0.2) is 0 Å². The van der Waals surface area contributed by atoms with Gasteiger partial charge in [-0.15, -0.1) is 0 Å². The molecule has 0 unspecified atom stereocenters. The third kappa shape index (κ3) is 26.5. The summed E-state index contributed by atoms with van der Waals surface area (Å²) in [6.45, 7) is 3.76. The Kier molecular flexibility index (Phi) is 18.1. The Morgan fingerprint density at radius 1 is 0.684 bits per heavy atom. The topological polar surface area (TPSA) is 80.3 Å². The average Bonchev–Trinajstić information content (AvgIpc) is 2.37. The summed E-state index contributed by atoms with van der Waals surface area (Å²) < 4.78 is 0. The molecule has 0 aliphatic carbocycles. The number of carbonyl (C=O) groups is 2. The Morgan fingerprint density at radius 2 is 1.05 bits per heavy atom. The van der Waals surface area contributed by atoms with Crippen LogP contribution in [0.2, 0.25) is 0 Å². The first-order chi connectivity index (χ1) is 9.04. The van der Waals surface area contributed by atoms with Crippen LogP contribution in [0.5, 0.6) is 0 Å². The van der Waals surface area contributed by atoms with Crippen LogP contribution in [0, 0.1) is 0 Å². The summed E-state index contributed by atoms with van der Waals surface area (Å²) in [6.07, 6.45) is 11.3. The van der Waals surface area contributed by atoms with Crippen molar-refractivity contribution in [2.24, 2.45) is 0 Å². The highest BCUT2D eigenvalue weighted by Gasteiger charge is 1.92. The third-order valence-electron chi connectivity index (χ3n) is 2.77. The van der Waals surface area contributed by atoms with E-state index in [1.807, 2.05) is 0 Å². The number of unbranched alkanes of at least 4 members (excludes halogenated alkanes) is 8. The van der Waals surface area contributed by atoms with Gasteiger partial charge in [0.1, 0.15) is 0 Å². The lowest BCUT2D eigenvalue weighted by atomic mass is 10.1. The molecule has 0 radical (unpaired) electrons. The maximum absolute atomic E-state index is 10.1. The number of carbonyl (C=O) groups excluding carboxylic acids is 2. The maximum Gasteiger partial charge on any atom is 0.0414 e. The quantitative estimate of drug-likeness (QED) is 0.537. The van der Waals surface area contributed by atoms with Crippen molar-refractivity contribution in [1.29, 1.82) is 0 Å². The Morgan fingerprint density at radius 3 is 1.37 bits per heavy atom. The van der Waals surface area contributed by atoms with Crippen molar-refractivity contribution < 1.29 is 19.8 Å². The van der Waals surface area contributed by atoms with E-state index < -0.39 is 11.9 Å². The average molecular weight is 272 g/mol. The van der Waals surface area contributed by atoms with Gasteiger partial charge >= 0.3 is 0 Å². The Balaban J connectivity index is 0. The normalized spacial score (nSPS) is 9.58. The Labute approximate surface area is 117 Å². The summed E-state index contributed by atoms with van der Waals surface area (Å²) >= 11 is 0. The van der Waals surface area contributed by atoms with Crippen LogP contribution in [-0.2, 0) is 9.59 Å². The van der Waals surface area contributed by atoms with Crippen molar-refractivity contribution in [3.63, 3.8) is 0 Å². The van der Waals surface area contributed by atoms with Gasteiger partial charge in [-0.3, -0.25) is 0 Å². The molecule has 0 aliphatic heterocycles. The second kappa shape index (κ2) is 16.9. The van der Waals surface area contributed by atoms with Crippen LogP contribution in [0.15, 0.2) is 0 Å². The van der Waals surface area contributed by atoms with E-state index in [9.17, 15) is 19.8 Å². The van der Waals surface area contributed by atoms with Crippen LogP contribution < -0.4 is 10.2 Å². The van der Waals surface area contributed by atoms with E-state index in [0.29, 0.717) is 0 Å². The van der Waals surface area contributed by atoms with Crippen molar-refractivity contribution in [1.82, 2.24) is 0 Å². The van der Waals surface area contributed by atoms with Gasteiger partial charge in [-0.25, -0.2) is 0 Å². The SMILES string of the molecule is CCC(=O)[O-].CCCCCCCCCCCC(=O)[O-]. The molecule has 0 saturated heterocycles. The summed E-state index contributed by atoms with van der Waals surface area (Å²) in [5.41, 5.74) is 0. The fourth-order valence-corrected chi connectivity index (χ4v) is 1.58. The smallest absolute Gasteiger partial charge is 0.0414 e. The number of hydrogen-bond acceptors (Lipinski definition) is 4. The summed E-state index contributed by atoms with van der Waals surface area (Å²) in [6, 6.07) is 0. The summed E-state index contributed by atoms with van der Waals surface area (Å²) in [4.78, 5) is 19.4. The van der Waals surface area contributed by atoms with Crippen molar-refractivity contribution >= 4 is 11.9 Å². The number of carboxylic acids is 2. The fourth-order valence-electron chi connectivity index (χ4n) is 1.58. The van der Waals surface area contributed by atoms with Gasteiger partial charge < -0.3 is 19.8 Å². The highest BCUT2D eigenvalue weighted by Crippen LogP contribution is 2.09. The van der Waals surface area contributed by atoms with Crippen LogP contribution in [-0.4, -0.2) is 11.9 Å². The van der Waals surface area contributed by atoms with Gasteiger partial charge in [0.05, 0.1) is 0 Å². The lowest BCUT2D eigenvalue weighted by Crippen LogP contribution is -2.21. The standard InChI is InChI=1S/C12H24O2.C3H6O2/c1-2-3-4-5-6-7-8-9-10-11-12(13)14;1-2-3(4)5/h2-11H2,1H3,(H,13,14);2H2,1H3,(H,4,5)/p-2. The molecule has 0 heterocycles. The van der Waals surface area contributed by atoms with Gasteiger partial charge in [-0.2, -0.15) is 0 Å². The van der Waals surface area contributed by atoms with Crippen molar-refractivity contribution in [3.8, 4) is 0 Å². The molecule has 0 N–H and O–H groups in total. The summed E-state index contributed by atoms with van der Waals surface area (Å²) in [5.74, 6) is -1.90. The third-order valence-corrected chi connectivity index (χ3v) is 2.77. The lowest BCUT2D eigenvalue weighted by molar-refractivity contribution is -0.306. The molecule has 0 rings (SSSR count). The predicted molar refractivity (Wildman–Crippen MR) is 72.1 cm³/mol. The largest absolute Gasteiger partial charge is 0.550 e. The van der Waals surface area contributed by atoms with Crippen LogP contribution in [0.4, 0.5) is 0 Å². The van der Waals surface area contributed by atoms with Gasteiger partial charge in [0.25, 0.3) is 0 Å². The molecule has 0 spiro atoms. The second-order valence-corrected chi connectivity index (χ2v) is 4.68. The molecule has 4 heteroatoms. The molecule has 0 aromatic carbocycles. The van der Waals surface area contributed by atoms with Gasteiger partial charge in [-0.05, 0) is 19.3 Å². The number of hydrogen-bond donors (Lipinski definition) is 0. The molecule has 0 aromatic heterocycles. The van der Waals surface area contributed by atoms with Crippen LogP contribution in [0.25, 0.3) is 0 Å². The zero-order chi connectivity index (χ0) is 14.9. The minimum absolute atomic E-state index is 0.111. The lowest BCUT2D eigenvalue weighted by Gasteiger charge is -2.02. The zero-order valence-electron chi connectivity index (χ0n) is 12.4. The van der Waals surface area contributed by atoms with Gasteiger partial charge in [-0.1, -0.05) is 65.2 Å². The van der Waals surface area contributed by atoms with E-state index in [4.69, 9.17) is 0 Å². The van der Waals surface area contributed by atoms with Crippen molar-refractivity contribution in [3.05, 3.63) is 0 Å². The van der Waals surface area contributed by atoms with Crippen molar-refractivity contribution in [2.45, 2.75) is 84.5 Å². The van der Waals surface area contributed by atoms with Gasteiger partial charge in [0, 0.05) is 11.9 Å². The molecule has 0 bridgehead atoms. The number of carboxylic acid groups (broad SMARTS) is 2. The highest BCUT2D eigenvalue weighted by molar-refractivity contribution is 5.64. The van der Waals surface area contributed by atoms with Crippen molar-refractivity contribution in [2.75, 3.05) is 0 Å². The molecule has 114 valence electrons. The first-order valence-corrected chi connectivity index (χ1v) is 7.44. The second-order valence-electron chi connectivity index (χ2n) is 4.68.